The van der Waals surface area contributed by atoms with Crippen LogP contribution in [0.2, 0.25) is 0 Å². The van der Waals surface area contributed by atoms with E-state index >= 15 is 0 Å². The Morgan fingerprint density at radius 3 is 2.65 bits per heavy atom. The number of nitrogens with zero attached hydrogens (tertiary/aromatic N) is 1. The van der Waals surface area contributed by atoms with Crippen molar-refractivity contribution in [1.29, 1.82) is 0 Å². The van der Waals surface area contributed by atoms with Gasteiger partial charge in [-0.05, 0) is 43.7 Å². The molecule has 1 heterocycles. The molecule has 31 heavy (non-hydrogen) atoms. The first-order valence-corrected chi connectivity index (χ1v) is 10.1. The lowest BCUT2D eigenvalue weighted by Crippen LogP contribution is -2.39. The number of carbonyl (C=O) groups excluding carboxylic acids is 3. The number of anilines is 2. The fourth-order valence-corrected chi connectivity index (χ4v) is 3.11. The standard InChI is InChI=1S/C23H26N2O6/c1-16-4-7-18(8-5-16)30-13-3-12-25-19-14-17(6-9-20(19)31-15-22(25)27)24-21(26)10-11-23(28)29-2/h4-9,14H,3,10-13,15H2,1-2H3,(H,24,26). The van der Waals surface area contributed by atoms with Crippen LogP contribution in [0.15, 0.2) is 42.5 Å². The largest absolute Gasteiger partial charge is 0.494 e. The third kappa shape index (κ3) is 6.21. The summed E-state index contributed by atoms with van der Waals surface area (Å²) < 4.78 is 15.8. The molecule has 0 spiro atoms. The molecule has 3 rings (SSSR count). The molecular weight excluding hydrogens is 400 g/mol. The SMILES string of the molecule is COC(=O)CCC(=O)Nc1ccc2c(c1)N(CCCOc1ccc(C)cc1)C(=O)CO2. The summed E-state index contributed by atoms with van der Waals surface area (Å²) >= 11 is 0. The van der Waals surface area contributed by atoms with Crippen molar-refractivity contribution in [2.75, 3.05) is 37.1 Å². The number of nitrogens with one attached hydrogen (secondary N) is 1. The van der Waals surface area contributed by atoms with Gasteiger partial charge in [-0.25, -0.2) is 0 Å². The first-order chi connectivity index (χ1) is 15.0. The molecule has 2 aromatic carbocycles. The van der Waals surface area contributed by atoms with E-state index in [4.69, 9.17) is 9.47 Å². The normalized spacial score (nSPS) is 12.6. The van der Waals surface area contributed by atoms with E-state index in [9.17, 15) is 14.4 Å². The summed E-state index contributed by atoms with van der Waals surface area (Å²) in [5.41, 5.74) is 2.28. The van der Waals surface area contributed by atoms with Crippen molar-refractivity contribution in [3.8, 4) is 11.5 Å². The van der Waals surface area contributed by atoms with Crippen molar-refractivity contribution in [2.24, 2.45) is 0 Å². The fraction of sp³-hybridized carbons (Fsp3) is 0.348. The molecule has 2 amide bonds. The zero-order chi connectivity index (χ0) is 22.2. The number of hydrogen-bond donors (Lipinski definition) is 1. The average Bonchev–Trinajstić information content (AvgIpc) is 2.77. The van der Waals surface area contributed by atoms with Gasteiger partial charge in [0.05, 0.1) is 25.8 Å². The van der Waals surface area contributed by atoms with E-state index in [1.165, 1.54) is 7.11 Å². The van der Waals surface area contributed by atoms with E-state index in [0.29, 0.717) is 36.7 Å². The Labute approximate surface area is 181 Å². The fourth-order valence-electron chi connectivity index (χ4n) is 3.11. The highest BCUT2D eigenvalue weighted by atomic mass is 16.5. The van der Waals surface area contributed by atoms with Gasteiger partial charge in [-0.1, -0.05) is 17.7 Å². The number of fused-ring (bicyclic) bond motifs is 1. The summed E-state index contributed by atoms with van der Waals surface area (Å²) in [6.07, 6.45) is 0.649. The van der Waals surface area contributed by atoms with E-state index < -0.39 is 5.97 Å². The summed E-state index contributed by atoms with van der Waals surface area (Å²) in [5, 5.41) is 2.74. The Bertz CT molecular complexity index is 942. The zero-order valence-corrected chi connectivity index (χ0v) is 17.7. The van der Waals surface area contributed by atoms with Crippen molar-refractivity contribution in [2.45, 2.75) is 26.2 Å². The highest BCUT2D eigenvalue weighted by molar-refractivity contribution is 5.99. The second-order valence-corrected chi connectivity index (χ2v) is 7.16. The minimum atomic E-state index is -0.446. The molecule has 8 heteroatoms. The van der Waals surface area contributed by atoms with Crippen molar-refractivity contribution in [3.63, 3.8) is 0 Å². The van der Waals surface area contributed by atoms with E-state index in [1.807, 2.05) is 31.2 Å². The van der Waals surface area contributed by atoms with Gasteiger partial charge in [0.2, 0.25) is 5.91 Å². The highest BCUT2D eigenvalue weighted by Crippen LogP contribution is 2.34. The van der Waals surface area contributed by atoms with Crippen LogP contribution in [0.3, 0.4) is 0 Å². The minimum absolute atomic E-state index is 0.00196. The second kappa shape index (κ2) is 10.5. The van der Waals surface area contributed by atoms with Crippen LogP contribution < -0.4 is 19.7 Å². The molecule has 0 fully saturated rings. The molecule has 0 radical (unpaired) electrons. The molecule has 0 atom stereocenters. The molecular formula is C23H26N2O6. The van der Waals surface area contributed by atoms with Crippen molar-refractivity contribution < 1.29 is 28.6 Å². The van der Waals surface area contributed by atoms with Gasteiger partial charge in [0, 0.05) is 18.7 Å². The summed E-state index contributed by atoms with van der Waals surface area (Å²) in [7, 11) is 1.28. The van der Waals surface area contributed by atoms with Crippen LogP contribution in [0.4, 0.5) is 11.4 Å². The van der Waals surface area contributed by atoms with Gasteiger partial charge in [0.1, 0.15) is 11.5 Å². The Balaban J connectivity index is 1.59. The maximum absolute atomic E-state index is 12.4. The summed E-state index contributed by atoms with van der Waals surface area (Å²) in [4.78, 5) is 37.3. The number of amides is 2. The van der Waals surface area contributed by atoms with Crippen LogP contribution in [0, 0.1) is 6.92 Å². The van der Waals surface area contributed by atoms with Crippen molar-refractivity contribution in [3.05, 3.63) is 48.0 Å². The average molecular weight is 426 g/mol. The van der Waals surface area contributed by atoms with Crippen molar-refractivity contribution >= 4 is 29.2 Å². The molecule has 164 valence electrons. The molecule has 0 saturated carbocycles. The van der Waals surface area contributed by atoms with Gasteiger partial charge in [-0.15, -0.1) is 0 Å². The van der Waals surface area contributed by atoms with Crippen LogP contribution in [-0.2, 0) is 19.1 Å². The van der Waals surface area contributed by atoms with Gasteiger partial charge < -0.3 is 24.4 Å². The van der Waals surface area contributed by atoms with Gasteiger partial charge in [-0.3, -0.25) is 14.4 Å². The predicted octanol–water partition coefficient (Wildman–Crippen LogP) is 3.08. The number of ether oxygens (including phenoxy) is 3. The first kappa shape index (κ1) is 22.1. The summed E-state index contributed by atoms with van der Waals surface area (Å²) in [5.74, 6) is 0.449. The number of benzene rings is 2. The molecule has 1 aliphatic heterocycles. The van der Waals surface area contributed by atoms with Crippen LogP contribution in [0.5, 0.6) is 11.5 Å². The molecule has 0 aliphatic carbocycles. The Kier molecular flexibility index (Phi) is 7.48. The lowest BCUT2D eigenvalue weighted by atomic mass is 10.2. The topological polar surface area (TPSA) is 94.2 Å². The predicted molar refractivity (Wildman–Crippen MR) is 115 cm³/mol. The van der Waals surface area contributed by atoms with Gasteiger partial charge in [0.15, 0.2) is 6.61 Å². The number of rotatable bonds is 9. The van der Waals surface area contributed by atoms with E-state index in [-0.39, 0.29) is 31.3 Å². The molecule has 8 nitrogen and oxygen atoms in total. The molecule has 0 unspecified atom stereocenters. The molecule has 2 aromatic rings. The van der Waals surface area contributed by atoms with Crippen LogP contribution >= 0.6 is 0 Å². The molecule has 0 saturated heterocycles. The van der Waals surface area contributed by atoms with Gasteiger partial charge in [0.25, 0.3) is 5.91 Å². The van der Waals surface area contributed by atoms with E-state index in [0.717, 1.165) is 11.3 Å². The highest BCUT2D eigenvalue weighted by Gasteiger charge is 2.25. The Morgan fingerprint density at radius 2 is 1.90 bits per heavy atom. The Hall–Kier alpha value is -3.55. The van der Waals surface area contributed by atoms with Crippen molar-refractivity contribution in [1.82, 2.24) is 0 Å². The maximum Gasteiger partial charge on any atom is 0.306 e. The second-order valence-electron chi connectivity index (χ2n) is 7.16. The maximum atomic E-state index is 12.4. The smallest absolute Gasteiger partial charge is 0.306 e. The molecule has 1 aliphatic rings. The summed E-state index contributed by atoms with van der Waals surface area (Å²) in [6.45, 7) is 2.91. The number of carbonyl (C=O) groups is 3. The number of hydrogen-bond acceptors (Lipinski definition) is 6. The monoisotopic (exact) mass is 426 g/mol. The number of esters is 1. The summed E-state index contributed by atoms with van der Waals surface area (Å²) in [6, 6.07) is 12.9. The van der Waals surface area contributed by atoms with Crippen LogP contribution in [0.1, 0.15) is 24.8 Å². The number of aryl methyl sites for hydroxylation is 1. The van der Waals surface area contributed by atoms with Gasteiger partial charge >= 0.3 is 5.97 Å². The third-order valence-electron chi connectivity index (χ3n) is 4.79. The zero-order valence-electron chi connectivity index (χ0n) is 17.7. The van der Waals surface area contributed by atoms with E-state index in [1.54, 1.807) is 23.1 Å². The molecule has 0 bridgehead atoms. The first-order valence-electron chi connectivity index (χ1n) is 10.1. The Morgan fingerprint density at radius 1 is 1.13 bits per heavy atom. The van der Waals surface area contributed by atoms with Crippen LogP contribution in [0.25, 0.3) is 0 Å². The third-order valence-corrected chi connectivity index (χ3v) is 4.79. The quantitative estimate of drug-likeness (QED) is 0.489. The molecule has 0 aromatic heterocycles. The molecule has 1 N–H and O–H groups in total. The van der Waals surface area contributed by atoms with E-state index in [2.05, 4.69) is 10.1 Å². The minimum Gasteiger partial charge on any atom is -0.494 e. The number of methoxy groups -OCH3 is 1. The lowest BCUT2D eigenvalue weighted by Gasteiger charge is -2.30. The van der Waals surface area contributed by atoms with Crippen LogP contribution in [-0.4, -0.2) is 44.7 Å². The lowest BCUT2D eigenvalue weighted by molar-refractivity contribution is -0.141. The van der Waals surface area contributed by atoms with Gasteiger partial charge in [-0.2, -0.15) is 0 Å².